The number of nitrogens with one attached hydrogen (secondary N) is 1. The topological polar surface area (TPSA) is 82.9 Å². The zero-order chi connectivity index (χ0) is 15.5. The van der Waals surface area contributed by atoms with Gasteiger partial charge in [-0.3, -0.25) is 10.1 Å². The molecule has 7 heteroatoms. The average Bonchev–Trinajstić information content (AvgIpc) is 2.76. The molecule has 1 aromatic rings. The van der Waals surface area contributed by atoms with Crippen molar-refractivity contribution in [2.24, 2.45) is 0 Å². The second-order valence-corrected chi connectivity index (χ2v) is 5.24. The second-order valence-electron chi connectivity index (χ2n) is 5.24. The summed E-state index contributed by atoms with van der Waals surface area (Å²) in [6.45, 7) is 7.00. The number of anilines is 1. The van der Waals surface area contributed by atoms with Crippen LogP contribution in [0.5, 0.6) is 5.75 Å². The second kappa shape index (κ2) is 6.28. The molecule has 21 heavy (non-hydrogen) atoms. The SMILES string of the molecule is CCOc1cc(NCC2COC(C)(C)O2)cc([N+](=O)[O-])c1. The van der Waals surface area contributed by atoms with Gasteiger partial charge in [0, 0.05) is 24.4 Å². The van der Waals surface area contributed by atoms with Crippen LogP contribution in [0.1, 0.15) is 20.8 Å². The molecule has 1 atom stereocenters. The molecular formula is C14H20N2O5. The summed E-state index contributed by atoms with van der Waals surface area (Å²) in [6, 6.07) is 4.62. The molecule has 7 nitrogen and oxygen atoms in total. The minimum absolute atomic E-state index is 0.00706. The van der Waals surface area contributed by atoms with Crippen molar-refractivity contribution in [2.45, 2.75) is 32.7 Å². The lowest BCUT2D eigenvalue weighted by Crippen LogP contribution is -2.26. The van der Waals surface area contributed by atoms with Crippen molar-refractivity contribution in [3.05, 3.63) is 28.3 Å². The molecule has 0 spiro atoms. The zero-order valence-corrected chi connectivity index (χ0v) is 12.4. The summed E-state index contributed by atoms with van der Waals surface area (Å²) in [4.78, 5) is 10.5. The molecule has 1 fully saturated rings. The standard InChI is InChI=1S/C14H20N2O5/c1-4-19-12-6-10(5-11(7-12)16(17)18)15-8-13-9-20-14(2,3)21-13/h5-7,13,15H,4,8-9H2,1-3H3. The van der Waals surface area contributed by atoms with Crippen molar-refractivity contribution in [3.8, 4) is 5.75 Å². The van der Waals surface area contributed by atoms with E-state index < -0.39 is 10.7 Å². The lowest BCUT2D eigenvalue weighted by molar-refractivity contribution is -0.384. The highest BCUT2D eigenvalue weighted by Crippen LogP contribution is 2.27. The van der Waals surface area contributed by atoms with E-state index in [4.69, 9.17) is 14.2 Å². The Hall–Kier alpha value is -1.86. The Morgan fingerprint density at radius 1 is 1.48 bits per heavy atom. The fourth-order valence-corrected chi connectivity index (χ4v) is 2.14. The summed E-state index contributed by atoms with van der Waals surface area (Å²) in [5, 5.41) is 14.1. The Labute approximate surface area is 123 Å². The normalized spacial score (nSPS) is 20.2. The van der Waals surface area contributed by atoms with Crippen molar-refractivity contribution >= 4 is 11.4 Å². The van der Waals surface area contributed by atoms with Gasteiger partial charge in [0.15, 0.2) is 5.79 Å². The van der Waals surface area contributed by atoms with Gasteiger partial charge in [-0.05, 0) is 20.8 Å². The van der Waals surface area contributed by atoms with Crippen molar-refractivity contribution in [3.63, 3.8) is 0 Å². The molecule has 1 aromatic carbocycles. The molecule has 0 saturated carbocycles. The zero-order valence-electron chi connectivity index (χ0n) is 12.4. The molecule has 0 aromatic heterocycles. The first-order valence-electron chi connectivity index (χ1n) is 6.87. The van der Waals surface area contributed by atoms with Gasteiger partial charge in [-0.2, -0.15) is 0 Å². The number of nitro groups is 1. The van der Waals surface area contributed by atoms with Crippen LogP contribution in [0, 0.1) is 10.1 Å². The van der Waals surface area contributed by atoms with Gasteiger partial charge in [-0.15, -0.1) is 0 Å². The third-order valence-electron chi connectivity index (χ3n) is 3.01. The van der Waals surface area contributed by atoms with E-state index in [1.54, 1.807) is 6.07 Å². The lowest BCUT2D eigenvalue weighted by atomic mass is 10.2. The number of rotatable bonds is 6. The quantitative estimate of drug-likeness (QED) is 0.641. The molecule has 1 unspecified atom stereocenters. The smallest absolute Gasteiger partial charge is 0.275 e. The molecule has 1 aliphatic heterocycles. The molecule has 0 radical (unpaired) electrons. The van der Waals surface area contributed by atoms with Crippen LogP contribution in [0.3, 0.4) is 0 Å². The van der Waals surface area contributed by atoms with Gasteiger partial charge < -0.3 is 19.5 Å². The third kappa shape index (κ3) is 4.30. The van der Waals surface area contributed by atoms with E-state index in [1.807, 2.05) is 20.8 Å². The molecular weight excluding hydrogens is 276 g/mol. The number of benzene rings is 1. The summed E-state index contributed by atoms with van der Waals surface area (Å²) >= 11 is 0. The van der Waals surface area contributed by atoms with E-state index in [0.717, 1.165) is 0 Å². The Balaban J connectivity index is 2.03. The summed E-state index contributed by atoms with van der Waals surface area (Å²) in [5.74, 6) is -0.107. The van der Waals surface area contributed by atoms with E-state index >= 15 is 0 Å². The number of hydrogen-bond donors (Lipinski definition) is 1. The maximum atomic E-state index is 10.9. The van der Waals surface area contributed by atoms with Crippen molar-refractivity contribution in [2.75, 3.05) is 25.1 Å². The average molecular weight is 296 g/mol. The first-order chi connectivity index (χ1) is 9.89. The highest BCUT2D eigenvalue weighted by molar-refractivity contribution is 5.56. The fraction of sp³-hybridized carbons (Fsp3) is 0.571. The minimum atomic E-state index is -0.578. The maximum Gasteiger partial charge on any atom is 0.275 e. The predicted molar refractivity (Wildman–Crippen MR) is 77.7 cm³/mol. The first-order valence-corrected chi connectivity index (χ1v) is 6.87. The van der Waals surface area contributed by atoms with E-state index in [1.165, 1.54) is 12.1 Å². The summed E-state index contributed by atoms with van der Waals surface area (Å²) < 4.78 is 16.5. The van der Waals surface area contributed by atoms with Crippen LogP contribution in [-0.2, 0) is 9.47 Å². The number of nitro benzene ring substituents is 1. The van der Waals surface area contributed by atoms with E-state index in [-0.39, 0.29) is 11.8 Å². The van der Waals surface area contributed by atoms with Crippen LogP contribution >= 0.6 is 0 Å². The van der Waals surface area contributed by atoms with Gasteiger partial charge in [-0.25, -0.2) is 0 Å². The molecule has 1 saturated heterocycles. The molecule has 2 rings (SSSR count). The van der Waals surface area contributed by atoms with Crippen LogP contribution < -0.4 is 10.1 Å². The Kier molecular flexibility index (Phi) is 4.64. The highest BCUT2D eigenvalue weighted by Gasteiger charge is 2.32. The van der Waals surface area contributed by atoms with Gasteiger partial charge >= 0.3 is 0 Å². The molecule has 0 amide bonds. The number of ether oxygens (including phenoxy) is 3. The maximum absolute atomic E-state index is 10.9. The number of nitrogens with zero attached hydrogens (tertiary/aromatic N) is 1. The Bertz CT molecular complexity index is 518. The third-order valence-corrected chi connectivity index (χ3v) is 3.01. The van der Waals surface area contributed by atoms with Crippen LogP contribution in [0.15, 0.2) is 18.2 Å². The van der Waals surface area contributed by atoms with Gasteiger partial charge in [0.1, 0.15) is 11.9 Å². The number of non-ortho nitro benzene ring substituents is 1. The van der Waals surface area contributed by atoms with Crippen molar-refractivity contribution in [1.82, 2.24) is 0 Å². The Morgan fingerprint density at radius 2 is 2.24 bits per heavy atom. The van der Waals surface area contributed by atoms with Gasteiger partial charge in [0.2, 0.25) is 0 Å². The molecule has 1 heterocycles. The summed E-state index contributed by atoms with van der Waals surface area (Å²) in [5.41, 5.74) is 0.619. The largest absolute Gasteiger partial charge is 0.494 e. The van der Waals surface area contributed by atoms with Crippen molar-refractivity contribution in [1.29, 1.82) is 0 Å². The van der Waals surface area contributed by atoms with E-state index in [0.29, 0.717) is 31.2 Å². The predicted octanol–water partition coefficient (Wildman–Crippen LogP) is 2.56. The molecule has 1 aliphatic rings. The molecule has 0 aliphatic carbocycles. The molecule has 0 bridgehead atoms. The summed E-state index contributed by atoms with van der Waals surface area (Å²) in [7, 11) is 0. The Morgan fingerprint density at radius 3 is 2.81 bits per heavy atom. The van der Waals surface area contributed by atoms with Gasteiger partial charge in [-0.1, -0.05) is 0 Å². The van der Waals surface area contributed by atoms with Crippen LogP contribution in [0.4, 0.5) is 11.4 Å². The molecule has 1 N–H and O–H groups in total. The highest BCUT2D eigenvalue weighted by atomic mass is 16.7. The van der Waals surface area contributed by atoms with Crippen LogP contribution in [-0.4, -0.2) is 36.6 Å². The van der Waals surface area contributed by atoms with Crippen LogP contribution in [0.2, 0.25) is 0 Å². The summed E-state index contributed by atoms with van der Waals surface area (Å²) in [6.07, 6.45) is -0.0881. The van der Waals surface area contributed by atoms with Gasteiger partial charge in [0.25, 0.3) is 5.69 Å². The molecule has 116 valence electrons. The van der Waals surface area contributed by atoms with Crippen molar-refractivity contribution < 1.29 is 19.1 Å². The lowest BCUT2D eigenvalue weighted by Gasteiger charge is -2.17. The van der Waals surface area contributed by atoms with Crippen LogP contribution in [0.25, 0.3) is 0 Å². The van der Waals surface area contributed by atoms with Gasteiger partial charge in [0.05, 0.1) is 24.2 Å². The monoisotopic (exact) mass is 296 g/mol. The van der Waals surface area contributed by atoms with E-state index in [9.17, 15) is 10.1 Å². The first kappa shape index (κ1) is 15.5. The minimum Gasteiger partial charge on any atom is -0.494 e. The fourth-order valence-electron chi connectivity index (χ4n) is 2.14. The number of hydrogen-bond acceptors (Lipinski definition) is 6. The van der Waals surface area contributed by atoms with E-state index in [2.05, 4.69) is 5.32 Å².